The molecule has 1 aliphatic carbocycles. The predicted octanol–water partition coefficient (Wildman–Crippen LogP) is 4.45. The Morgan fingerprint density at radius 3 is 2.77 bits per heavy atom. The Balaban J connectivity index is 1.50. The second-order valence-electron chi connectivity index (χ2n) is 7.97. The molecule has 0 aliphatic heterocycles. The first kappa shape index (κ1) is 20.5. The zero-order valence-electron chi connectivity index (χ0n) is 17.4. The lowest BCUT2D eigenvalue weighted by Gasteiger charge is -2.33. The Morgan fingerprint density at radius 1 is 1.30 bits per heavy atom. The summed E-state index contributed by atoms with van der Waals surface area (Å²) >= 11 is 1.51. The van der Waals surface area contributed by atoms with Gasteiger partial charge in [0.05, 0.1) is 27.2 Å². The lowest BCUT2D eigenvalue weighted by Crippen LogP contribution is -2.41. The van der Waals surface area contributed by atoms with Crippen molar-refractivity contribution in [2.45, 2.75) is 45.6 Å². The Morgan fingerprint density at radius 2 is 2.07 bits per heavy atom. The largest absolute Gasteiger partial charge is 0.452 e. The summed E-state index contributed by atoms with van der Waals surface area (Å²) in [6, 6.07) is 5.72. The summed E-state index contributed by atoms with van der Waals surface area (Å²) in [5, 5.41) is 6.39. The van der Waals surface area contributed by atoms with Gasteiger partial charge in [-0.15, -0.1) is 11.3 Å². The Labute approximate surface area is 179 Å². The quantitative estimate of drug-likeness (QED) is 0.559. The maximum Gasteiger partial charge on any atom is 0.339 e. The summed E-state index contributed by atoms with van der Waals surface area (Å²) < 4.78 is 10.7. The molecule has 3 aromatic heterocycles. The number of fused-ring (bicyclic) bond motifs is 1. The van der Waals surface area contributed by atoms with Gasteiger partial charge in [-0.1, -0.05) is 18.1 Å². The van der Waals surface area contributed by atoms with E-state index in [1.165, 1.54) is 11.3 Å². The highest BCUT2D eigenvalue weighted by atomic mass is 32.1. The summed E-state index contributed by atoms with van der Waals surface area (Å²) in [5.41, 5.74) is 1.76. The number of pyridine rings is 1. The molecule has 3 aromatic rings. The van der Waals surface area contributed by atoms with Crippen molar-refractivity contribution < 1.29 is 18.8 Å². The van der Waals surface area contributed by atoms with Gasteiger partial charge in [-0.3, -0.25) is 4.79 Å². The van der Waals surface area contributed by atoms with Gasteiger partial charge in [0.25, 0.3) is 11.6 Å². The van der Waals surface area contributed by atoms with E-state index in [4.69, 9.17) is 9.26 Å². The smallest absolute Gasteiger partial charge is 0.339 e. The van der Waals surface area contributed by atoms with Gasteiger partial charge < -0.3 is 14.2 Å². The van der Waals surface area contributed by atoms with Crippen molar-refractivity contribution in [1.29, 1.82) is 0 Å². The molecular formula is C22H25N3O4S. The Bertz CT molecular complexity index is 1050. The summed E-state index contributed by atoms with van der Waals surface area (Å²) in [5.74, 6) is -0.0553. The molecule has 0 atom stereocenters. The third-order valence-corrected chi connectivity index (χ3v) is 6.76. The topological polar surface area (TPSA) is 85.5 Å². The van der Waals surface area contributed by atoms with E-state index in [0.717, 1.165) is 30.6 Å². The van der Waals surface area contributed by atoms with Crippen molar-refractivity contribution in [1.82, 2.24) is 15.0 Å². The number of hydrogen-bond donors (Lipinski definition) is 0. The summed E-state index contributed by atoms with van der Waals surface area (Å²) in [6.07, 6.45) is 4.23. The van der Waals surface area contributed by atoms with Crippen molar-refractivity contribution >= 4 is 34.3 Å². The minimum atomic E-state index is -0.578. The van der Waals surface area contributed by atoms with Gasteiger partial charge in [0.2, 0.25) is 0 Å². The van der Waals surface area contributed by atoms with Crippen LogP contribution in [0, 0.1) is 12.8 Å². The molecule has 0 aromatic carbocycles. The fourth-order valence-electron chi connectivity index (χ4n) is 3.95. The van der Waals surface area contributed by atoms with Crippen molar-refractivity contribution in [3.63, 3.8) is 0 Å². The van der Waals surface area contributed by atoms with E-state index in [-0.39, 0.29) is 24.3 Å². The fourth-order valence-corrected chi connectivity index (χ4v) is 4.63. The monoisotopic (exact) mass is 427 g/mol. The summed E-state index contributed by atoms with van der Waals surface area (Å²) in [6.45, 7) is 3.70. The molecule has 0 saturated heterocycles. The molecule has 0 bridgehead atoms. The second-order valence-corrected chi connectivity index (χ2v) is 8.92. The van der Waals surface area contributed by atoms with Gasteiger partial charge in [0.15, 0.2) is 6.61 Å². The van der Waals surface area contributed by atoms with Crippen molar-refractivity contribution in [3.05, 3.63) is 34.8 Å². The molecule has 4 rings (SSSR count). The number of amides is 1. The average molecular weight is 428 g/mol. The van der Waals surface area contributed by atoms with Crippen LogP contribution in [0.25, 0.3) is 21.7 Å². The van der Waals surface area contributed by atoms with E-state index in [0.29, 0.717) is 28.3 Å². The van der Waals surface area contributed by atoms with Crippen LogP contribution in [0.2, 0.25) is 0 Å². The minimum absolute atomic E-state index is 0.186. The van der Waals surface area contributed by atoms with E-state index in [1.54, 1.807) is 24.9 Å². The van der Waals surface area contributed by atoms with Gasteiger partial charge in [0.1, 0.15) is 0 Å². The summed E-state index contributed by atoms with van der Waals surface area (Å²) in [7, 11) is 1.79. The number of rotatable bonds is 5. The summed E-state index contributed by atoms with van der Waals surface area (Å²) in [4.78, 5) is 32.6. The first-order valence-corrected chi connectivity index (χ1v) is 11.1. The van der Waals surface area contributed by atoms with Gasteiger partial charge in [-0.2, -0.15) is 0 Å². The molecule has 8 heteroatoms. The number of nitrogens with zero attached hydrogens (tertiary/aromatic N) is 3. The van der Waals surface area contributed by atoms with Gasteiger partial charge in [-0.25, -0.2) is 9.78 Å². The standard InChI is InChI=1S/C22H25N3O4S/c1-13-6-8-15(9-7-13)25(3)19(26)12-28-22(27)16-11-17(18-5-4-10-30-18)23-21-20(16)14(2)24-29-21/h4-5,10-11,13,15H,6-9,12H2,1-3H3. The Kier molecular flexibility index (Phi) is 5.85. The molecule has 1 aliphatic rings. The van der Waals surface area contributed by atoms with Crippen LogP contribution in [0.5, 0.6) is 0 Å². The van der Waals surface area contributed by atoms with Crippen molar-refractivity contribution in [3.8, 4) is 10.6 Å². The molecular weight excluding hydrogens is 402 g/mol. The van der Waals surface area contributed by atoms with Crippen LogP contribution in [0.3, 0.4) is 0 Å². The number of esters is 1. The number of ether oxygens (including phenoxy) is 1. The van der Waals surface area contributed by atoms with Gasteiger partial charge in [-0.05, 0) is 56.0 Å². The molecule has 0 spiro atoms. The maximum absolute atomic E-state index is 12.9. The zero-order valence-corrected chi connectivity index (χ0v) is 18.2. The number of aryl methyl sites for hydroxylation is 1. The van der Waals surface area contributed by atoms with Crippen LogP contribution in [-0.4, -0.2) is 46.6 Å². The maximum atomic E-state index is 12.9. The molecule has 0 radical (unpaired) electrons. The zero-order chi connectivity index (χ0) is 21.3. The van der Waals surface area contributed by atoms with Crippen LogP contribution in [0.1, 0.15) is 48.7 Å². The molecule has 3 heterocycles. The first-order chi connectivity index (χ1) is 14.4. The van der Waals surface area contributed by atoms with E-state index in [1.807, 2.05) is 17.5 Å². The fraction of sp³-hybridized carbons (Fsp3) is 0.455. The lowest BCUT2D eigenvalue weighted by atomic mass is 9.87. The van der Waals surface area contributed by atoms with Crippen LogP contribution >= 0.6 is 11.3 Å². The molecule has 0 N–H and O–H groups in total. The minimum Gasteiger partial charge on any atom is -0.452 e. The highest BCUT2D eigenvalue weighted by Gasteiger charge is 2.26. The van der Waals surface area contributed by atoms with E-state index in [9.17, 15) is 9.59 Å². The van der Waals surface area contributed by atoms with E-state index in [2.05, 4.69) is 17.1 Å². The number of carbonyl (C=O) groups excluding carboxylic acids is 2. The van der Waals surface area contributed by atoms with Crippen LogP contribution in [0.4, 0.5) is 0 Å². The van der Waals surface area contributed by atoms with Gasteiger partial charge >= 0.3 is 5.97 Å². The normalized spacial score (nSPS) is 19.0. The average Bonchev–Trinajstić information content (AvgIpc) is 3.41. The second kappa shape index (κ2) is 8.55. The highest BCUT2D eigenvalue weighted by molar-refractivity contribution is 7.13. The Hall–Kier alpha value is -2.74. The molecule has 30 heavy (non-hydrogen) atoms. The SMILES string of the molecule is Cc1noc2nc(-c3cccs3)cc(C(=O)OCC(=O)N(C)C3CCC(C)CC3)c12. The third-order valence-electron chi connectivity index (χ3n) is 5.86. The molecule has 7 nitrogen and oxygen atoms in total. The highest BCUT2D eigenvalue weighted by Crippen LogP contribution is 2.30. The lowest BCUT2D eigenvalue weighted by molar-refractivity contribution is -0.136. The third kappa shape index (κ3) is 4.09. The number of hydrogen-bond acceptors (Lipinski definition) is 7. The first-order valence-electron chi connectivity index (χ1n) is 10.2. The van der Waals surface area contributed by atoms with E-state index < -0.39 is 5.97 Å². The number of likely N-dealkylation sites (N-methyl/N-ethyl adjacent to an activating group) is 1. The number of aromatic nitrogens is 2. The molecule has 1 amide bonds. The van der Waals surface area contributed by atoms with Crippen LogP contribution in [0.15, 0.2) is 28.1 Å². The van der Waals surface area contributed by atoms with Gasteiger partial charge in [0, 0.05) is 13.1 Å². The van der Waals surface area contributed by atoms with Crippen LogP contribution < -0.4 is 0 Å². The van der Waals surface area contributed by atoms with E-state index >= 15 is 0 Å². The number of carbonyl (C=O) groups is 2. The molecule has 1 saturated carbocycles. The predicted molar refractivity (Wildman–Crippen MR) is 114 cm³/mol. The van der Waals surface area contributed by atoms with Crippen molar-refractivity contribution in [2.24, 2.45) is 5.92 Å². The van der Waals surface area contributed by atoms with Crippen molar-refractivity contribution in [2.75, 3.05) is 13.7 Å². The number of thiophene rings is 1. The molecule has 158 valence electrons. The molecule has 1 fully saturated rings. The van der Waals surface area contributed by atoms with Crippen LogP contribution in [-0.2, 0) is 9.53 Å². The molecule has 0 unspecified atom stereocenters.